The Labute approximate surface area is 74.6 Å². The molecule has 0 spiro atoms. The third kappa shape index (κ3) is 4.57. The summed E-state index contributed by atoms with van der Waals surface area (Å²) in [5.41, 5.74) is 0.752. The van der Waals surface area contributed by atoms with E-state index in [1.165, 1.54) is 0 Å². The van der Waals surface area contributed by atoms with Crippen molar-refractivity contribution in [3.05, 3.63) is 35.9 Å². The van der Waals surface area contributed by atoms with Crippen LogP contribution in [0.4, 0.5) is 12.9 Å². The molecule has 0 N–H and O–H groups in total. The van der Waals surface area contributed by atoms with E-state index in [4.69, 9.17) is 0 Å². The molecule has 0 fully saturated rings. The summed E-state index contributed by atoms with van der Waals surface area (Å²) in [4.78, 5) is 0. The Hall–Kier alpha value is -0.965. The van der Waals surface area contributed by atoms with E-state index >= 15 is 0 Å². The molecule has 72 valence electrons. The summed E-state index contributed by atoms with van der Waals surface area (Å²) in [7, 11) is 0. The average molecular weight is 189 g/mol. The van der Waals surface area contributed by atoms with Crippen LogP contribution < -0.4 is 0 Å². The molecule has 1 nitrogen and oxygen atoms in total. The van der Waals surface area contributed by atoms with E-state index in [0.29, 0.717) is 0 Å². The van der Waals surface area contributed by atoms with Crippen molar-refractivity contribution >= 4 is 6.98 Å². The van der Waals surface area contributed by atoms with Crippen LogP contribution in [0.5, 0.6) is 0 Å². The number of hydrogen-bond acceptors (Lipinski definition) is 1. The second-order valence-corrected chi connectivity index (χ2v) is 2.71. The van der Waals surface area contributed by atoms with Gasteiger partial charge in [-0.2, -0.15) is 0 Å². The molecule has 0 bridgehead atoms. The van der Waals surface area contributed by atoms with Crippen molar-refractivity contribution in [1.82, 2.24) is 0 Å². The van der Waals surface area contributed by atoms with Gasteiger partial charge in [0.05, 0.1) is 6.61 Å². The molecule has 0 aliphatic heterocycles. The highest BCUT2D eigenvalue weighted by molar-refractivity contribution is 6.58. The van der Waals surface area contributed by atoms with Gasteiger partial charge in [-0.25, -0.2) is 0 Å². The van der Waals surface area contributed by atoms with Crippen molar-refractivity contribution in [1.29, 1.82) is 0 Å². The highest BCUT2D eigenvalue weighted by atomic mass is 19.4. The summed E-state index contributed by atoms with van der Waals surface area (Å²) >= 11 is 0. The van der Waals surface area contributed by atoms with Gasteiger partial charge in [-0.15, -0.1) is 0 Å². The summed E-state index contributed by atoms with van der Waals surface area (Å²) in [6.07, 6.45) is 0. The van der Waals surface area contributed by atoms with Gasteiger partial charge < -0.3 is 17.7 Å². The molecule has 0 aliphatic rings. The summed E-state index contributed by atoms with van der Waals surface area (Å²) in [6, 6.07) is 8.78. The zero-order valence-electron chi connectivity index (χ0n) is 6.92. The fourth-order valence-electron chi connectivity index (χ4n) is 0.885. The molecule has 0 saturated carbocycles. The van der Waals surface area contributed by atoms with Gasteiger partial charge in [0.25, 0.3) is 0 Å². The molecule has 1 aromatic rings. The molecule has 0 aromatic heterocycles. The normalized spacial score (nSPS) is 11.6. The van der Waals surface area contributed by atoms with Crippen molar-refractivity contribution in [3.8, 4) is 0 Å². The Balaban J connectivity index is 2.29. The lowest BCUT2D eigenvalue weighted by atomic mass is 9.95. The molecule has 1 aromatic carbocycles. The van der Waals surface area contributed by atoms with E-state index in [1.807, 2.05) is 0 Å². The van der Waals surface area contributed by atoms with E-state index in [0.717, 1.165) is 5.56 Å². The molecule has 13 heavy (non-hydrogen) atoms. The summed E-state index contributed by atoms with van der Waals surface area (Å²) in [5, 5.41) is 0. The third-order valence-electron chi connectivity index (χ3n) is 1.42. The average Bonchev–Trinajstić information content (AvgIpc) is 2.04. The van der Waals surface area contributed by atoms with Crippen molar-refractivity contribution in [2.24, 2.45) is 0 Å². The van der Waals surface area contributed by atoms with Crippen LogP contribution in [0.2, 0.25) is 0 Å². The fourth-order valence-corrected chi connectivity index (χ4v) is 0.885. The quantitative estimate of drug-likeness (QED) is 0.661. The SMILES string of the molecule is F[B-](F)(F)COCc1ccccc1. The first-order chi connectivity index (χ1) is 6.08. The van der Waals surface area contributed by atoms with Gasteiger partial charge in [0, 0.05) is 6.51 Å². The Morgan fingerprint density at radius 2 is 1.69 bits per heavy atom. The van der Waals surface area contributed by atoms with Gasteiger partial charge in [0.2, 0.25) is 0 Å². The number of rotatable bonds is 4. The largest absolute Gasteiger partial charge is 0.503 e. The van der Waals surface area contributed by atoms with Gasteiger partial charge >= 0.3 is 6.98 Å². The predicted molar refractivity (Wildman–Crippen MR) is 45.2 cm³/mol. The van der Waals surface area contributed by atoms with Crippen molar-refractivity contribution < 1.29 is 17.7 Å². The smallest absolute Gasteiger partial charge is 0.447 e. The number of halogens is 3. The molecule has 0 aliphatic carbocycles. The van der Waals surface area contributed by atoms with Crippen molar-refractivity contribution in [2.45, 2.75) is 6.61 Å². The van der Waals surface area contributed by atoms with Crippen LogP contribution in [0.3, 0.4) is 0 Å². The number of hydrogen-bond donors (Lipinski definition) is 0. The molecular weight excluding hydrogens is 180 g/mol. The van der Waals surface area contributed by atoms with E-state index < -0.39 is 13.5 Å². The zero-order chi connectivity index (χ0) is 9.73. The second kappa shape index (κ2) is 4.32. The minimum absolute atomic E-state index is 0.0160. The van der Waals surface area contributed by atoms with Crippen LogP contribution in [0.25, 0.3) is 0 Å². The maximum absolute atomic E-state index is 11.7. The van der Waals surface area contributed by atoms with Gasteiger partial charge in [-0.3, -0.25) is 0 Å². The van der Waals surface area contributed by atoms with E-state index in [2.05, 4.69) is 4.74 Å². The van der Waals surface area contributed by atoms with Gasteiger partial charge in [-0.1, -0.05) is 30.3 Å². The van der Waals surface area contributed by atoms with E-state index in [-0.39, 0.29) is 6.61 Å². The highest BCUT2D eigenvalue weighted by Crippen LogP contribution is 2.09. The summed E-state index contributed by atoms with van der Waals surface area (Å²) in [6.45, 7) is -5.94. The Morgan fingerprint density at radius 3 is 2.23 bits per heavy atom. The minimum atomic E-state index is -4.82. The maximum Gasteiger partial charge on any atom is 0.503 e. The summed E-state index contributed by atoms with van der Waals surface area (Å²) in [5.74, 6) is 0. The van der Waals surface area contributed by atoms with E-state index in [1.54, 1.807) is 30.3 Å². The lowest BCUT2D eigenvalue weighted by Gasteiger charge is -2.13. The third-order valence-corrected chi connectivity index (χ3v) is 1.42. The van der Waals surface area contributed by atoms with Crippen LogP contribution in [0, 0.1) is 0 Å². The van der Waals surface area contributed by atoms with Crippen LogP contribution in [0.1, 0.15) is 5.56 Å². The van der Waals surface area contributed by atoms with Crippen molar-refractivity contribution in [2.75, 3.05) is 6.51 Å². The lowest BCUT2D eigenvalue weighted by Crippen LogP contribution is -2.23. The molecule has 0 heterocycles. The Morgan fingerprint density at radius 1 is 1.08 bits per heavy atom. The molecule has 0 saturated heterocycles. The first-order valence-corrected chi connectivity index (χ1v) is 3.90. The minimum Gasteiger partial charge on any atom is -0.447 e. The highest BCUT2D eigenvalue weighted by Gasteiger charge is 2.22. The molecule has 0 amide bonds. The van der Waals surface area contributed by atoms with Crippen LogP contribution >= 0.6 is 0 Å². The molecule has 1 rings (SSSR count). The van der Waals surface area contributed by atoms with Gasteiger partial charge in [0.1, 0.15) is 0 Å². The molecule has 5 heteroatoms. The standard InChI is InChI=1S/C8H9BF3O/c10-9(11,12)7-13-6-8-4-2-1-3-5-8/h1-5H,6-7H2/q-1. The predicted octanol–water partition coefficient (Wildman–Crippen LogP) is 2.59. The second-order valence-electron chi connectivity index (χ2n) is 2.71. The maximum atomic E-state index is 11.7. The Bertz CT molecular complexity index is 247. The fraction of sp³-hybridized carbons (Fsp3) is 0.250. The number of ether oxygens (including phenoxy) is 1. The number of benzene rings is 1. The molecular formula is C8H9BF3O-. The monoisotopic (exact) mass is 189 g/mol. The van der Waals surface area contributed by atoms with Gasteiger partial charge in [0.15, 0.2) is 0 Å². The molecule has 0 atom stereocenters. The topological polar surface area (TPSA) is 9.23 Å². The molecule has 0 unspecified atom stereocenters. The van der Waals surface area contributed by atoms with Crippen LogP contribution in [-0.4, -0.2) is 13.5 Å². The zero-order valence-corrected chi connectivity index (χ0v) is 6.92. The van der Waals surface area contributed by atoms with Gasteiger partial charge in [-0.05, 0) is 5.56 Å². The Kier molecular flexibility index (Phi) is 3.36. The first-order valence-electron chi connectivity index (χ1n) is 3.90. The summed E-state index contributed by atoms with van der Waals surface area (Å²) < 4.78 is 39.6. The van der Waals surface area contributed by atoms with Crippen molar-refractivity contribution in [3.63, 3.8) is 0 Å². The van der Waals surface area contributed by atoms with Crippen LogP contribution in [0.15, 0.2) is 30.3 Å². The van der Waals surface area contributed by atoms with E-state index in [9.17, 15) is 12.9 Å². The lowest BCUT2D eigenvalue weighted by molar-refractivity contribution is 0.137. The van der Waals surface area contributed by atoms with Crippen LogP contribution in [-0.2, 0) is 11.3 Å². The molecule has 0 radical (unpaired) electrons. The first kappa shape index (κ1) is 10.1.